The number of carbonyl (C=O) groups is 1. The molecule has 130 valence electrons. The van der Waals surface area contributed by atoms with Crippen molar-refractivity contribution in [3.05, 3.63) is 65.4 Å². The van der Waals surface area contributed by atoms with Gasteiger partial charge < -0.3 is 16.4 Å². The van der Waals surface area contributed by atoms with Gasteiger partial charge in [-0.1, -0.05) is 31.2 Å². The van der Waals surface area contributed by atoms with Crippen LogP contribution in [0.4, 0.5) is 5.69 Å². The van der Waals surface area contributed by atoms with Crippen molar-refractivity contribution in [1.29, 1.82) is 5.41 Å². The molecule has 3 rings (SSSR count). The SMILES string of the molecule is C[C@]1(c2ccc(N/C=C3/C=CC=C(C(N)=O)C3=N)cc2)CCCNC1. The smallest absolute Gasteiger partial charge is 0.250 e. The van der Waals surface area contributed by atoms with E-state index in [1.807, 2.05) is 12.1 Å². The van der Waals surface area contributed by atoms with Gasteiger partial charge in [0.25, 0.3) is 5.91 Å². The predicted molar refractivity (Wildman–Crippen MR) is 102 cm³/mol. The van der Waals surface area contributed by atoms with Crippen LogP contribution in [0.3, 0.4) is 0 Å². The normalized spacial score (nSPS) is 24.9. The van der Waals surface area contributed by atoms with Gasteiger partial charge in [-0.05, 0) is 43.2 Å². The summed E-state index contributed by atoms with van der Waals surface area (Å²) in [7, 11) is 0. The highest BCUT2D eigenvalue weighted by Gasteiger charge is 2.28. The molecule has 1 atom stereocenters. The van der Waals surface area contributed by atoms with Gasteiger partial charge in [-0.2, -0.15) is 0 Å². The summed E-state index contributed by atoms with van der Waals surface area (Å²) in [6.07, 6.45) is 9.20. The van der Waals surface area contributed by atoms with E-state index in [-0.39, 0.29) is 16.7 Å². The summed E-state index contributed by atoms with van der Waals surface area (Å²) in [5.41, 5.74) is 8.75. The largest absolute Gasteiger partial charge is 0.366 e. The molecular weight excluding hydrogens is 312 g/mol. The Balaban J connectivity index is 1.70. The van der Waals surface area contributed by atoms with Crippen LogP contribution in [-0.4, -0.2) is 24.7 Å². The van der Waals surface area contributed by atoms with E-state index < -0.39 is 5.91 Å². The van der Waals surface area contributed by atoms with Crippen molar-refractivity contribution in [2.75, 3.05) is 18.4 Å². The van der Waals surface area contributed by atoms with Crippen molar-refractivity contribution in [3.8, 4) is 0 Å². The van der Waals surface area contributed by atoms with Gasteiger partial charge in [0.1, 0.15) is 0 Å². The maximum absolute atomic E-state index is 11.3. The van der Waals surface area contributed by atoms with E-state index in [1.165, 1.54) is 18.4 Å². The number of piperidine rings is 1. The number of nitrogens with one attached hydrogen (secondary N) is 3. The lowest BCUT2D eigenvalue weighted by Gasteiger charge is -2.34. The van der Waals surface area contributed by atoms with Gasteiger partial charge in [-0.3, -0.25) is 10.2 Å². The number of nitrogens with two attached hydrogens (primary N) is 1. The van der Waals surface area contributed by atoms with Crippen LogP contribution >= 0.6 is 0 Å². The predicted octanol–water partition coefficient (Wildman–Crippen LogP) is 2.62. The Morgan fingerprint density at radius 3 is 2.76 bits per heavy atom. The van der Waals surface area contributed by atoms with Gasteiger partial charge in [-0.15, -0.1) is 0 Å². The molecule has 1 saturated heterocycles. The number of amides is 1. The summed E-state index contributed by atoms with van der Waals surface area (Å²) in [5.74, 6) is -0.584. The number of primary amides is 1. The summed E-state index contributed by atoms with van der Waals surface area (Å²) in [4.78, 5) is 11.3. The molecular formula is C20H24N4O. The van der Waals surface area contributed by atoms with Crippen molar-refractivity contribution in [2.24, 2.45) is 5.73 Å². The van der Waals surface area contributed by atoms with Crippen molar-refractivity contribution in [1.82, 2.24) is 5.32 Å². The van der Waals surface area contributed by atoms with Gasteiger partial charge in [-0.25, -0.2) is 0 Å². The average molecular weight is 336 g/mol. The number of anilines is 1. The summed E-state index contributed by atoms with van der Waals surface area (Å²) in [6.45, 7) is 4.41. The zero-order valence-corrected chi connectivity index (χ0v) is 14.4. The Labute approximate surface area is 148 Å². The number of rotatable bonds is 4. The van der Waals surface area contributed by atoms with Gasteiger partial charge in [0.2, 0.25) is 0 Å². The number of hydrogen-bond donors (Lipinski definition) is 4. The van der Waals surface area contributed by atoms with E-state index in [4.69, 9.17) is 11.1 Å². The Kier molecular flexibility index (Phi) is 4.86. The minimum absolute atomic E-state index is 0.139. The molecule has 5 heteroatoms. The fraction of sp³-hybridized carbons (Fsp3) is 0.300. The van der Waals surface area contributed by atoms with Crippen LogP contribution in [0.15, 0.2) is 59.8 Å². The molecule has 2 aliphatic rings. The molecule has 1 amide bonds. The summed E-state index contributed by atoms with van der Waals surface area (Å²) in [5, 5.41) is 14.7. The van der Waals surface area contributed by atoms with Crippen LogP contribution < -0.4 is 16.4 Å². The van der Waals surface area contributed by atoms with Crippen molar-refractivity contribution in [2.45, 2.75) is 25.2 Å². The molecule has 0 spiro atoms. The molecule has 5 N–H and O–H groups in total. The first kappa shape index (κ1) is 17.2. The highest BCUT2D eigenvalue weighted by molar-refractivity contribution is 6.28. The molecule has 0 bridgehead atoms. The zero-order valence-electron chi connectivity index (χ0n) is 14.4. The third-order valence-electron chi connectivity index (χ3n) is 4.94. The lowest BCUT2D eigenvalue weighted by molar-refractivity contribution is -0.114. The minimum Gasteiger partial charge on any atom is -0.366 e. The van der Waals surface area contributed by atoms with Crippen LogP contribution in [0, 0.1) is 5.41 Å². The van der Waals surface area contributed by atoms with E-state index >= 15 is 0 Å². The molecule has 0 radical (unpaired) electrons. The Bertz CT molecular complexity index is 765. The second kappa shape index (κ2) is 7.07. The fourth-order valence-corrected chi connectivity index (χ4v) is 3.33. The van der Waals surface area contributed by atoms with Crippen molar-refractivity contribution in [3.63, 3.8) is 0 Å². The summed E-state index contributed by atoms with van der Waals surface area (Å²) >= 11 is 0. The van der Waals surface area contributed by atoms with E-state index in [1.54, 1.807) is 24.4 Å². The third kappa shape index (κ3) is 3.72. The summed E-state index contributed by atoms with van der Waals surface area (Å²) < 4.78 is 0. The van der Waals surface area contributed by atoms with Gasteiger partial charge in [0.05, 0.1) is 11.3 Å². The van der Waals surface area contributed by atoms with Crippen LogP contribution in [0.5, 0.6) is 0 Å². The van der Waals surface area contributed by atoms with Gasteiger partial charge in [0, 0.05) is 29.4 Å². The molecule has 0 unspecified atom stereocenters. The number of benzene rings is 1. The molecule has 25 heavy (non-hydrogen) atoms. The Morgan fingerprint density at radius 1 is 1.36 bits per heavy atom. The average Bonchev–Trinajstić information content (AvgIpc) is 2.61. The maximum Gasteiger partial charge on any atom is 0.250 e. The topological polar surface area (TPSA) is 91.0 Å². The van der Waals surface area contributed by atoms with Gasteiger partial charge in [0.15, 0.2) is 0 Å². The number of hydrogen-bond acceptors (Lipinski definition) is 4. The van der Waals surface area contributed by atoms with Crippen LogP contribution in [0.2, 0.25) is 0 Å². The summed E-state index contributed by atoms with van der Waals surface area (Å²) in [6, 6.07) is 8.41. The van der Waals surface area contributed by atoms with E-state index in [2.05, 4.69) is 29.7 Å². The van der Waals surface area contributed by atoms with Gasteiger partial charge >= 0.3 is 0 Å². The second-order valence-corrected chi connectivity index (χ2v) is 6.84. The third-order valence-corrected chi connectivity index (χ3v) is 4.94. The Hall–Kier alpha value is -2.66. The maximum atomic E-state index is 11.3. The zero-order chi connectivity index (χ0) is 17.9. The number of carbonyl (C=O) groups excluding carboxylic acids is 1. The monoisotopic (exact) mass is 336 g/mol. The molecule has 1 heterocycles. The standard InChI is InChI=1S/C20H24N4O/c1-20(10-3-11-23-13-20)15-6-8-16(9-7-15)24-12-14-4-2-5-17(18(14)21)19(22)25/h2,4-9,12,21,23-24H,3,10-11,13H2,1H3,(H2,22,25)/b14-12-,21-18?/t20-/m0/s1. The fourth-order valence-electron chi connectivity index (χ4n) is 3.33. The first-order valence-corrected chi connectivity index (χ1v) is 8.55. The Morgan fingerprint density at radius 2 is 2.12 bits per heavy atom. The first-order valence-electron chi connectivity index (χ1n) is 8.55. The second-order valence-electron chi connectivity index (χ2n) is 6.84. The molecule has 1 fully saturated rings. The van der Waals surface area contributed by atoms with Crippen molar-refractivity contribution < 1.29 is 4.79 Å². The van der Waals surface area contributed by atoms with Crippen LogP contribution in [0.1, 0.15) is 25.3 Å². The van der Waals surface area contributed by atoms with E-state index in [0.717, 1.165) is 18.8 Å². The molecule has 1 aromatic carbocycles. The molecule has 1 aromatic rings. The molecule has 0 saturated carbocycles. The highest BCUT2D eigenvalue weighted by Crippen LogP contribution is 2.31. The molecule has 0 aromatic heterocycles. The van der Waals surface area contributed by atoms with Crippen molar-refractivity contribution >= 4 is 17.3 Å². The van der Waals surface area contributed by atoms with E-state index in [0.29, 0.717) is 5.57 Å². The highest BCUT2D eigenvalue weighted by atomic mass is 16.1. The lowest BCUT2D eigenvalue weighted by atomic mass is 9.76. The quantitative estimate of drug-likeness (QED) is 0.681. The molecule has 1 aliphatic carbocycles. The van der Waals surface area contributed by atoms with E-state index in [9.17, 15) is 4.79 Å². The minimum atomic E-state index is -0.584. The lowest BCUT2D eigenvalue weighted by Crippen LogP contribution is -2.41. The van der Waals surface area contributed by atoms with Crippen LogP contribution in [0.25, 0.3) is 0 Å². The van der Waals surface area contributed by atoms with Crippen LogP contribution in [-0.2, 0) is 10.2 Å². The molecule has 5 nitrogen and oxygen atoms in total. The number of allylic oxidation sites excluding steroid dienone is 4. The molecule has 1 aliphatic heterocycles. The first-order chi connectivity index (χ1) is 12.0.